The average Bonchev–Trinajstić information content (AvgIpc) is 3.32. The summed E-state index contributed by atoms with van der Waals surface area (Å²) in [6, 6.07) is 1.13. The molecule has 0 amide bonds. The SMILES string of the molecule is COC1[C@@H](OP([O-])(=S)C(C)C)[C@@H](C2CC2P(=O)(O)O)O[C@H]1n1ccc(=O)[nH]c1=O. The first-order chi connectivity index (χ1) is 13.4. The molecule has 1 saturated heterocycles. The lowest BCUT2D eigenvalue weighted by atomic mass is 10.1. The first-order valence-corrected chi connectivity index (χ1v) is 13.3. The van der Waals surface area contributed by atoms with Crippen molar-refractivity contribution in [2.75, 3.05) is 7.11 Å². The maximum Gasteiger partial charge on any atom is 0.330 e. The van der Waals surface area contributed by atoms with Gasteiger partial charge in [-0.05, 0) is 18.6 Å². The Balaban J connectivity index is 1.99. The third-order valence-electron chi connectivity index (χ3n) is 5.18. The van der Waals surface area contributed by atoms with Crippen LogP contribution in [0.3, 0.4) is 0 Å². The fourth-order valence-electron chi connectivity index (χ4n) is 3.46. The number of hydrogen-bond acceptors (Lipinski definition) is 8. The molecule has 11 nitrogen and oxygen atoms in total. The highest BCUT2D eigenvalue weighted by Crippen LogP contribution is 2.62. The zero-order valence-corrected chi connectivity index (χ0v) is 18.5. The lowest BCUT2D eigenvalue weighted by molar-refractivity contribution is -0.192. The smallest absolute Gasteiger partial charge is 0.330 e. The van der Waals surface area contributed by atoms with Crippen molar-refractivity contribution in [1.82, 2.24) is 9.55 Å². The van der Waals surface area contributed by atoms with E-state index in [0.717, 1.165) is 10.6 Å². The molecule has 3 N–H and O–H groups in total. The highest BCUT2D eigenvalue weighted by molar-refractivity contribution is 8.09. The van der Waals surface area contributed by atoms with Gasteiger partial charge in [-0.25, -0.2) is 4.79 Å². The summed E-state index contributed by atoms with van der Waals surface area (Å²) >= 11 is 5.12. The van der Waals surface area contributed by atoms with E-state index in [1.165, 1.54) is 13.3 Å². The standard InChI is InChI=1S/C15H24N2O9P2S/c1-7(2)28(23,29)26-12-11(8-6-9(8)27(20,21)22)25-14(13(12)24-3)17-5-4-10(18)16-15(17)19/h4-5,7-9,11-14H,6H2,1-3H3,(H,23,29)(H,16,18,19)(H2,20,21,22)/p-1/t8?,9?,11-,12+,13?,14-,28?/m1/s1. The number of ether oxygens (including phenoxy) is 2. The molecule has 0 aromatic carbocycles. The van der Waals surface area contributed by atoms with Crippen LogP contribution < -0.4 is 16.1 Å². The zero-order valence-electron chi connectivity index (χ0n) is 15.9. The Morgan fingerprint density at radius 2 is 2.03 bits per heavy atom. The molecule has 4 unspecified atom stereocenters. The van der Waals surface area contributed by atoms with Crippen LogP contribution in [-0.2, 0) is 30.4 Å². The van der Waals surface area contributed by atoms with Gasteiger partial charge in [-0.15, -0.1) is 0 Å². The fourth-order valence-corrected chi connectivity index (χ4v) is 5.77. The number of hydrogen-bond donors (Lipinski definition) is 3. The van der Waals surface area contributed by atoms with E-state index < -0.39 is 67.1 Å². The van der Waals surface area contributed by atoms with Gasteiger partial charge in [0, 0.05) is 25.3 Å². The molecule has 1 saturated carbocycles. The Hall–Kier alpha value is -0.680. The van der Waals surface area contributed by atoms with Gasteiger partial charge in [0.05, 0.1) is 11.8 Å². The van der Waals surface area contributed by atoms with Crippen molar-refractivity contribution in [3.8, 4) is 0 Å². The maximum atomic E-state index is 12.8. The van der Waals surface area contributed by atoms with Crippen LogP contribution in [-0.4, -0.2) is 56.1 Å². The number of rotatable bonds is 7. The van der Waals surface area contributed by atoms with E-state index in [1.54, 1.807) is 13.8 Å². The molecule has 0 radical (unpaired) electrons. The van der Waals surface area contributed by atoms with Gasteiger partial charge >= 0.3 is 13.3 Å². The van der Waals surface area contributed by atoms with Crippen molar-refractivity contribution < 1.29 is 33.2 Å². The van der Waals surface area contributed by atoms with Crippen LogP contribution in [0.1, 0.15) is 26.5 Å². The predicted octanol–water partition coefficient (Wildman–Crippen LogP) is -0.521. The minimum absolute atomic E-state index is 0.182. The van der Waals surface area contributed by atoms with Gasteiger partial charge in [-0.2, -0.15) is 0 Å². The van der Waals surface area contributed by atoms with Crippen LogP contribution in [0, 0.1) is 5.92 Å². The minimum Gasteiger partial charge on any atom is -0.800 e. The van der Waals surface area contributed by atoms with E-state index in [-0.39, 0.29) is 6.42 Å². The second kappa shape index (κ2) is 8.11. The van der Waals surface area contributed by atoms with Crippen LogP contribution in [0.25, 0.3) is 0 Å². The van der Waals surface area contributed by atoms with Crippen molar-refractivity contribution in [3.63, 3.8) is 0 Å². The normalized spacial score (nSPS) is 34.3. The summed E-state index contributed by atoms with van der Waals surface area (Å²) in [5, 5.41) is 0. The number of methoxy groups -OCH3 is 1. The number of H-pyrrole nitrogens is 1. The van der Waals surface area contributed by atoms with E-state index >= 15 is 0 Å². The van der Waals surface area contributed by atoms with Gasteiger partial charge in [0.1, 0.15) is 12.2 Å². The van der Waals surface area contributed by atoms with Crippen LogP contribution in [0.2, 0.25) is 0 Å². The van der Waals surface area contributed by atoms with E-state index in [1.807, 2.05) is 0 Å². The zero-order chi connectivity index (χ0) is 21.7. The number of nitrogens with one attached hydrogen (secondary N) is 1. The molecule has 1 aliphatic heterocycles. The lowest BCUT2D eigenvalue weighted by Gasteiger charge is -2.37. The van der Waals surface area contributed by atoms with Crippen LogP contribution in [0.4, 0.5) is 0 Å². The van der Waals surface area contributed by atoms with Crippen molar-refractivity contribution in [1.29, 1.82) is 0 Å². The van der Waals surface area contributed by atoms with Gasteiger partial charge in [-0.1, -0.05) is 25.7 Å². The highest BCUT2D eigenvalue weighted by atomic mass is 32.5. The Bertz CT molecular complexity index is 973. The van der Waals surface area contributed by atoms with E-state index in [2.05, 4.69) is 4.98 Å². The summed E-state index contributed by atoms with van der Waals surface area (Å²) in [7, 11) is -3.01. The van der Waals surface area contributed by atoms with Gasteiger partial charge in [0.2, 0.25) is 0 Å². The third kappa shape index (κ3) is 4.66. The van der Waals surface area contributed by atoms with Crippen molar-refractivity contribution in [2.45, 2.75) is 56.1 Å². The van der Waals surface area contributed by atoms with Gasteiger partial charge < -0.3 is 28.7 Å². The third-order valence-corrected chi connectivity index (χ3v) is 9.97. The van der Waals surface area contributed by atoms with Crippen molar-refractivity contribution >= 4 is 25.9 Å². The van der Waals surface area contributed by atoms with E-state index in [0.29, 0.717) is 0 Å². The molecule has 3 rings (SSSR count). The summed E-state index contributed by atoms with van der Waals surface area (Å²) in [5.41, 5.74) is -2.76. The Kier molecular flexibility index (Phi) is 6.43. The number of aromatic amines is 1. The topological polar surface area (TPSA) is 163 Å². The minimum atomic E-state index is -4.36. The summed E-state index contributed by atoms with van der Waals surface area (Å²) in [5.74, 6) is -0.580. The Morgan fingerprint density at radius 3 is 2.52 bits per heavy atom. The van der Waals surface area contributed by atoms with Gasteiger partial charge in [0.15, 0.2) is 6.23 Å². The van der Waals surface area contributed by atoms with Crippen molar-refractivity contribution in [3.05, 3.63) is 33.1 Å². The molecule has 0 spiro atoms. The molecular weight excluding hydrogens is 446 g/mol. The van der Waals surface area contributed by atoms with Crippen LogP contribution >= 0.6 is 14.1 Å². The molecule has 0 bridgehead atoms. The summed E-state index contributed by atoms with van der Waals surface area (Å²) in [4.78, 5) is 57.5. The molecule has 164 valence electrons. The lowest BCUT2D eigenvalue weighted by Crippen LogP contribution is -2.40. The molecule has 2 fully saturated rings. The Labute approximate surface area is 171 Å². The summed E-state index contributed by atoms with van der Waals surface area (Å²) in [6.45, 7) is -0.250. The maximum absolute atomic E-state index is 12.8. The first-order valence-electron chi connectivity index (χ1n) is 8.91. The number of aromatic nitrogens is 2. The molecule has 2 heterocycles. The monoisotopic (exact) mass is 469 g/mol. The molecule has 14 heteroatoms. The quantitative estimate of drug-likeness (QED) is 0.443. The van der Waals surface area contributed by atoms with E-state index in [9.17, 15) is 28.8 Å². The molecular formula is C15H23N2O9P2S-. The van der Waals surface area contributed by atoms with Crippen molar-refractivity contribution in [2.24, 2.45) is 5.92 Å². The largest absolute Gasteiger partial charge is 0.800 e. The molecule has 1 aliphatic carbocycles. The average molecular weight is 469 g/mol. The van der Waals surface area contributed by atoms with Crippen LogP contribution in [0.5, 0.6) is 0 Å². The fraction of sp³-hybridized carbons (Fsp3) is 0.733. The molecule has 29 heavy (non-hydrogen) atoms. The molecule has 1 aromatic rings. The second-order valence-electron chi connectivity index (χ2n) is 7.47. The molecule has 2 aliphatic rings. The molecule has 7 atom stereocenters. The number of nitrogens with zero attached hydrogens (tertiary/aromatic N) is 1. The second-order valence-corrected chi connectivity index (χ2v) is 13.2. The Morgan fingerprint density at radius 1 is 1.38 bits per heavy atom. The molecule has 1 aromatic heterocycles. The summed E-state index contributed by atoms with van der Waals surface area (Å²) < 4.78 is 29.9. The van der Waals surface area contributed by atoms with Crippen LogP contribution in [0.15, 0.2) is 21.9 Å². The predicted molar refractivity (Wildman–Crippen MR) is 104 cm³/mol. The highest BCUT2D eigenvalue weighted by Gasteiger charge is 2.61. The summed E-state index contributed by atoms with van der Waals surface area (Å²) in [6.07, 6.45) is -2.54. The van der Waals surface area contributed by atoms with Gasteiger partial charge in [-0.3, -0.25) is 18.9 Å². The van der Waals surface area contributed by atoms with Gasteiger partial charge in [0.25, 0.3) is 5.56 Å². The van der Waals surface area contributed by atoms with E-state index in [4.69, 9.17) is 25.8 Å². The first kappa shape index (κ1) is 23.0.